The highest BCUT2D eigenvalue weighted by atomic mass is 19.4. The molecule has 3 aliphatic carbocycles. The maximum absolute atomic E-state index is 13.9. The number of hydrogen-bond acceptors (Lipinski definition) is 4. The van der Waals surface area contributed by atoms with Crippen LogP contribution in [0.2, 0.25) is 0 Å². The minimum absolute atomic E-state index is 0.0708. The van der Waals surface area contributed by atoms with Crippen LogP contribution in [0.5, 0.6) is 0 Å². The van der Waals surface area contributed by atoms with Crippen LogP contribution in [0.25, 0.3) is 0 Å². The molecule has 3 saturated carbocycles. The Morgan fingerprint density at radius 2 is 2.00 bits per heavy atom. The number of carbonyl (C=O) groups is 1. The summed E-state index contributed by atoms with van der Waals surface area (Å²) in [6.45, 7) is 4.87. The Bertz CT molecular complexity index is 936. The van der Waals surface area contributed by atoms with E-state index in [0.717, 1.165) is 50.8 Å². The van der Waals surface area contributed by atoms with Gasteiger partial charge in [0.25, 0.3) is 0 Å². The molecule has 5 nitrogen and oxygen atoms in total. The van der Waals surface area contributed by atoms with Crippen LogP contribution in [0.3, 0.4) is 0 Å². The van der Waals surface area contributed by atoms with Gasteiger partial charge in [-0.05, 0) is 68.4 Å². The van der Waals surface area contributed by atoms with Crippen LogP contribution in [0.15, 0.2) is 12.3 Å². The zero-order valence-electron chi connectivity index (χ0n) is 20.1. The average molecular weight is 480 g/mol. The first kappa shape index (κ1) is 24.0. The van der Waals surface area contributed by atoms with E-state index in [9.17, 15) is 23.1 Å². The molecule has 3 unspecified atom stereocenters. The Hall–Kier alpha value is -1.67. The van der Waals surface area contributed by atoms with Gasteiger partial charge in [0, 0.05) is 49.4 Å². The van der Waals surface area contributed by atoms with E-state index in [2.05, 4.69) is 24.1 Å². The lowest BCUT2D eigenvalue weighted by Crippen LogP contribution is -2.51. The van der Waals surface area contributed by atoms with Crippen molar-refractivity contribution in [3.63, 3.8) is 0 Å². The number of aliphatic hydroxyl groups excluding tert-OH is 1. The Morgan fingerprint density at radius 1 is 1.24 bits per heavy atom. The van der Waals surface area contributed by atoms with E-state index in [1.165, 1.54) is 6.42 Å². The van der Waals surface area contributed by atoms with Crippen LogP contribution >= 0.6 is 0 Å². The molecule has 2 bridgehead atoms. The monoisotopic (exact) mass is 479 g/mol. The highest BCUT2D eigenvalue weighted by Crippen LogP contribution is 2.48. The summed E-state index contributed by atoms with van der Waals surface area (Å²) >= 11 is 0. The van der Waals surface area contributed by atoms with E-state index < -0.39 is 17.2 Å². The maximum Gasteiger partial charge on any atom is 0.417 e. The highest BCUT2D eigenvalue weighted by Gasteiger charge is 2.51. The summed E-state index contributed by atoms with van der Waals surface area (Å²) in [5.74, 6) is 1.15. The van der Waals surface area contributed by atoms with Crippen molar-refractivity contribution in [3.8, 4) is 0 Å². The third-order valence-corrected chi connectivity index (χ3v) is 9.33. The van der Waals surface area contributed by atoms with Crippen LogP contribution in [0.1, 0.15) is 75.6 Å². The number of nitrogens with zero attached hydrogens (tertiary/aromatic N) is 2. The van der Waals surface area contributed by atoms with Crippen LogP contribution < -0.4 is 5.32 Å². The largest absolute Gasteiger partial charge is 0.417 e. The number of pyridine rings is 1. The van der Waals surface area contributed by atoms with Gasteiger partial charge in [-0.25, -0.2) is 0 Å². The van der Waals surface area contributed by atoms with Crippen molar-refractivity contribution < 1.29 is 23.1 Å². The summed E-state index contributed by atoms with van der Waals surface area (Å²) in [7, 11) is 0. The number of hydrogen-bond donors (Lipinski definition) is 2. The first-order valence-electron chi connectivity index (χ1n) is 12.9. The lowest BCUT2D eigenvalue weighted by Gasteiger charge is -2.40. The molecule has 2 N–H and O–H groups in total. The number of alkyl halides is 3. The summed E-state index contributed by atoms with van der Waals surface area (Å²) in [5, 5.41) is 14.3. The molecule has 0 saturated heterocycles. The first-order valence-corrected chi connectivity index (χ1v) is 12.9. The number of halogens is 3. The SMILES string of the molecule is CC(C)[C@]1(C(=O)N2CCc3ncc(C(F)(F)F)cc3C2)CC[C@@H](NC2C3CCC2[C@@H](O)CC3)C1. The van der Waals surface area contributed by atoms with Crippen LogP contribution in [-0.2, 0) is 23.9 Å². The summed E-state index contributed by atoms with van der Waals surface area (Å²) < 4.78 is 39.6. The molecule has 2 heterocycles. The number of aliphatic hydroxyl groups is 1. The van der Waals surface area contributed by atoms with Gasteiger partial charge >= 0.3 is 6.18 Å². The molecule has 1 aliphatic heterocycles. The fraction of sp³-hybridized carbons (Fsp3) is 0.769. The van der Waals surface area contributed by atoms with Crippen LogP contribution in [0.4, 0.5) is 13.2 Å². The quantitative estimate of drug-likeness (QED) is 0.675. The third kappa shape index (κ3) is 4.15. The molecule has 34 heavy (non-hydrogen) atoms. The van der Waals surface area contributed by atoms with E-state index in [1.807, 2.05) is 0 Å². The number of aromatic nitrogens is 1. The molecule has 4 aliphatic rings. The van der Waals surface area contributed by atoms with Gasteiger partial charge in [-0.1, -0.05) is 13.8 Å². The van der Waals surface area contributed by atoms with E-state index >= 15 is 0 Å². The zero-order valence-corrected chi connectivity index (χ0v) is 20.1. The van der Waals surface area contributed by atoms with Crippen molar-refractivity contribution in [2.75, 3.05) is 6.54 Å². The molecule has 6 atom stereocenters. The summed E-state index contributed by atoms with van der Waals surface area (Å²) in [6.07, 6.45) is 3.38. The Kier molecular flexibility index (Phi) is 6.20. The predicted molar refractivity (Wildman–Crippen MR) is 122 cm³/mol. The number of carbonyl (C=O) groups excluding carboxylic acids is 1. The number of fused-ring (bicyclic) bond motifs is 3. The molecule has 1 aromatic heterocycles. The van der Waals surface area contributed by atoms with Crippen LogP contribution in [0, 0.1) is 23.2 Å². The Labute approximate surface area is 199 Å². The minimum atomic E-state index is -4.44. The first-order chi connectivity index (χ1) is 16.1. The molecule has 3 fully saturated rings. The van der Waals surface area contributed by atoms with E-state index in [4.69, 9.17) is 0 Å². The molecule has 0 aromatic carbocycles. The Morgan fingerprint density at radius 3 is 2.74 bits per heavy atom. The Balaban J connectivity index is 1.30. The predicted octanol–water partition coefficient (Wildman–Crippen LogP) is 4.32. The number of rotatable bonds is 4. The molecule has 0 spiro atoms. The summed E-state index contributed by atoms with van der Waals surface area (Å²) in [4.78, 5) is 19.7. The van der Waals surface area contributed by atoms with Crippen molar-refractivity contribution in [1.29, 1.82) is 0 Å². The molecular formula is C26H36F3N3O2. The molecule has 188 valence electrons. The van der Waals surface area contributed by atoms with Gasteiger partial charge in [-0.15, -0.1) is 0 Å². The van der Waals surface area contributed by atoms with Crippen molar-refractivity contribution in [3.05, 3.63) is 29.1 Å². The average Bonchev–Trinajstić information content (AvgIpc) is 3.35. The minimum Gasteiger partial charge on any atom is -0.393 e. The zero-order chi connectivity index (χ0) is 24.3. The number of amides is 1. The van der Waals surface area contributed by atoms with Gasteiger partial charge in [0.05, 0.1) is 17.1 Å². The summed E-state index contributed by atoms with van der Waals surface area (Å²) in [6, 6.07) is 1.73. The lowest BCUT2D eigenvalue weighted by molar-refractivity contribution is -0.146. The van der Waals surface area contributed by atoms with Crippen LogP contribution in [-0.4, -0.2) is 45.6 Å². The van der Waals surface area contributed by atoms with Gasteiger partial charge in [0.2, 0.25) is 5.91 Å². The van der Waals surface area contributed by atoms with Gasteiger partial charge < -0.3 is 15.3 Å². The number of nitrogens with one attached hydrogen (secondary N) is 1. The van der Waals surface area contributed by atoms with Gasteiger partial charge in [0.15, 0.2) is 0 Å². The van der Waals surface area contributed by atoms with Crippen molar-refractivity contribution in [2.24, 2.45) is 23.2 Å². The van der Waals surface area contributed by atoms with Gasteiger partial charge in [-0.2, -0.15) is 13.2 Å². The molecule has 5 rings (SSSR count). The second kappa shape index (κ2) is 8.77. The smallest absolute Gasteiger partial charge is 0.393 e. The van der Waals surface area contributed by atoms with Gasteiger partial charge in [0.1, 0.15) is 0 Å². The van der Waals surface area contributed by atoms with Gasteiger partial charge in [-0.3, -0.25) is 9.78 Å². The van der Waals surface area contributed by atoms with Crippen molar-refractivity contribution in [1.82, 2.24) is 15.2 Å². The molecule has 8 heteroatoms. The molecular weight excluding hydrogens is 443 g/mol. The second-order valence-corrected chi connectivity index (χ2v) is 11.4. The second-order valence-electron chi connectivity index (χ2n) is 11.4. The molecule has 0 radical (unpaired) electrons. The third-order valence-electron chi connectivity index (χ3n) is 9.33. The van der Waals surface area contributed by atoms with Crippen molar-refractivity contribution in [2.45, 2.75) is 96.1 Å². The normalized spacial score (nSPS) is 35.6. The van der Waals surface area contributed by atoms with Crippen molar-refractivity contribution >= 4 is 5.91 Å². The molecule has 1 amide bonds. The molecule has 1 aromatic rings. The highest BCUT2D eigenvalue weighted by molar-refractivity contribution is 5.83. The van der Waals surface area contributed by atoms with E-state index in [0.29, 0.717) is 42.1 Å². The fourth-order valence-corrected chi connectivity index (χ4v) is 7.25. The summed E-state index contributed by atoms with van der Waals surface area (Å²) in [5.41, 5.74) is -0.0911. The standard InChI is InChI=1S/C26H36F3N3O2/c1-15(2)25(9-7-19(12-25)31-23-16-3-5-20(23)22(33)6-4-16)24(34)32-10-8-21-17(14-32)11-18(13-30-21)26(27,28)29/h11,13,15-16,19-20,22-23,31,33H,3-10,12,14H2,1-2H3/t16?,19-,20?,22+,23?,25+/m1/s1. The fourth-order valence-electron chi connectivity index (χ4n) is 7.25. The topological polar surface area (TPSA) is 65.5 Å². The van der Waals surface area contributed by atoms with E-state index in [1.54, 1.807) is 4.90 Å². The lowest BCUT2D eigenvalue weighted by atomic mass is 9.73. The maximum atomic E-state index is 13.9. The van der Waals surface area contributed by atoms with E-state index in [-0.39, 0.29) is 30.5 Å².